The third-order valence-electron chi connectivity index (χ3n) is 3.11. The summed E-state index contributed by atoms with van der Waals surface area (Å²) in [7, 11) is 0. The van der Waals surface area contributed by atoms with Crippen LogP contribution in [0.25, 0.3) is 0 Å². The minimum absolute atomic E-state index is 0.347. The summed E-state index contributed by atoms with van der Waals surface area (Å²) in [6, 6.07) is 0. The van der Waals surface area contributed by atoms with Crippen molar-refractivity contribution in [1.29, 1.82) is 0 Å². The second-order valence-corrected chi connectivity index (χ2v) is 5.43. The van der Waals surface area contributed by atoms with Crippen molar-refractivity contribution < 1.29 is 0 Å². The van der Waals surface area contributed by atoms with Gasteiger partial charge >= 0.3 is 0 Å². The third-order valence-corrected chi connectivity index (χ3v) is 3.11. The summed E-state index contributed by atoms with van der Waals surface area (Å²) in [6.45, 7) is 9.13. The number of rotatable bonds is 0. The average molecular weight is 204 g/mol. The lowest BCUT2D eigenvalue weighted by Gasteiger charge is -2.20. The molecule has 0 atom stereocenters. The molecule has 84 valence electrons. The molecule has 0 heteroatoms. The fraction of sp³-hybridized carbons (Fsp3) is 0.600. The van der Waals surface area contributed by atoms with Crippen LogP contribution >= 0.6 is 0 Å². The van der Waals surface area contributed by atoms with Crippen molar-refractivity contribution in [2.45, 2.75) is 53.4 Å². The molecular formula is C15H24. The highest BCUT2D eigenvalue weighted by Gasteiger charge is 2.13. The Morgan fingerprint density at radius 2 is 1.73 bits per heavy atom. The summed E-state index contributed by atoms with van der Waals surface area (Å²) in [5.74, 6) is 0. The molecule has 0 amide bonds. The average Bonchev–Trinajstić information content (AvgIpc) is 2.15. The fourth-order valence-electron chi connectivity index (χ4n) is 1.81. The van der Waals surface area contributed by atoms with Crippen LogP contribution in [0.3, 0.4) is 0 Å². The summed E-state index contributed by atoms with van der Waals surface area (Å²) < 4.78 is 0. The molecule has 1 rings (SSSR count). The molecule has 0 aromatic rings. The molecule has 0 bridgehead atoms. The van der Waals surface area contributed by atoms with Crippen molar-refractivity contribution in [2.24, 2.45) is 5.41 Å². The lowest BCUT2D eigenvalue weighted by molar-refractivity contribution is 0.436. The van der Waals surface area contributed by atoms with Gasteiger partial charge in [0, 0.05) is 0 Å². The first-order valence-electron chi connectivity index (χ1n) is 5.98. The summed E-state index contributed by atoms with van der Waals surface area (Å²) in [5.41, 5.74) is 3.36. The minimum Gasteiger partial charge on any atom is -0.0839 e. The Labute approximate surface area is 94.8 Å². The zero-order chi connectivity index (χ0) is 11.3. The lowest BCUT2D eigenvalue weighted by atomic mass is 9.86. The van der Waals surface area contributed by atoms with Crippen molar-refractivity contribution >= 4 is 0 Å². The van der Waals surface area contributed by atoms with Gasteiger partial charge in [0.25, 0.3) is 0 Å². The Morgan fingerprint density at radius 1 is 1.07 bits per heavy atom. The first-order valence-corrected chi connectivity index (χ1v) is 5.98. The molecule has 0 radical (unpaired) electrons. The van der Waals surface area contributed by atoms with Crippen LogP contribution < -0.4 is 0 Å². The molecule has 0 aliphatic heterocycles. The maximum atomic E-state index is 2.38. The molecule has 0 fully saturated rings. The van der Waals surface area contributed by atoms with Gasteiger partial charge in [-0.25, -0.2) is 0 Å². The first-order chi connectivity index (χ1) is 6.99. The largest absolute Gasteiger partial charge is 0.0839 e. The Hall–Kier alpha value is -0.780. The van der Waals surface area contributed by atoms with E-state index in [1.807, 2.05) is 0 Å². The Balaban J connectivity index is 2.78. The number of hydrogen-bond acceptors (Lipinski definition) is 0. The van der Waals surface area contributed by atoms with Gasteiger partial charge in [0.15, 0.2) is 0 Å². The Bertz CT molecular complexity index is 287. The maximum absolute atomic E-state index is 2.38. The van der Waals surface area contributed by atoms with Gasteiger partial charge in [-0.05, 0) is 44.9 Å². The van der Waals surface area contributed by atoms with Gasteiger partial charge in [0.1, 0.15) is 0 Å². The molecule has 0 aromatic carbocycles. The van der Waals surface area contributed by atoms with E-state index in [1.54, 1.807) is 0 Å². The quantitative estimate of drug-likeness (QED) is 0.485. The standard InChI is InChI=1S/C15H24/c1-13-7-5-8-14(2)10-12-15(3,4)11-6-9-13/h6-8,11H,5,9-10,12H2,1-4H3/b11-6-,13-7-,14-8-. The van der Waals surface area contributed by atoms with E-state index in [4.69, 9.17) is 0 Å². The molecule has 15 heavy (non-hydrogen) atoms. The van der Waals surface area contributed by atoms with E-state index in [2.05, 4.69) is 52.0 Å². The third kappa shape index (κ3) is 5.01. The molecule has 1 aliphatic carbocycles. The predicted octanol–water partition coefficient (Wildman–Crippen LogP) is 5.04. The fourth-order valence-corrected chi connectivity index (χ4v) is 1.81. The summed E-state index contributed by atoms with van der Waals surface area (Å²) in [5, 5.41) is 0. The molecule has 0 aromatic heterocycles. The van der Waals surface area contributed by atoms with E-state index in [0.29, 0.717) is 5.41 Å². The van der Waals surface area contributed by atoms with Gasteiger partial charge in [0.05, 0.1) is 0 Å². The van der Waals surface area contributed by atoms with Crippen molar-refractivity contribution in [2.75, 3.05) is 0 Å². The summed E-state index contributed by atoms with van der Waals surface area (Å²) in [6.07, 6.45) is 14.1. The molecular weight excluding hydrogens is 180 g/mol. The van der Waals surface area contributed by atoms with Gasteiger partial charge in [-0.2, -0.15) is 0 Å². The molecule has 0 N–H and O–H groups in total. The highest BCUT2D eigenvalue weighted by atomic mass is 14.2. The van der Waals surface area contributed by atoms with Crippen LogP contribution in [0.15, 0.2) is 35.5 Å². The van der Waals surface area contributed by atoms with Crippen molar-refractivity contribution in [3.63, 3.8) is 0 Å². The van der Waals surface area contributed by atoms with Gasteiger partial charge in [0.2, 0.25) is 0 Å². The van der Waals surface area contributed by atoms with Gasteiger partial charge in [-0.3, -0.25) is 0 Å². The second kappa shape index (κ2) is 5.34. The summed E-state index contributed by atoms with van der Waals surface area (Å²) >= 11 is 0. The first kappa shape index (κ1) is 12.3. The van der Waals surface area contributed by atoms with Crippen LogP contribution in [0.2, 0.25) is 0 Å². The van der Waals surface area contributed by atoms with Crippen LogP contribution in [0.1, 0.15) is 53.4 Å². The lowest BCUT2D eigenvalue weighted by Crippen LogP contribution is -2.07. The molecule has 0 unspecified atom stereocenters. The molecule has 1 aliphatic rings. The van der Waals surface area contributed by atoms with Gasteiger partial charge in [-0.1, -0.05) is 49.3 Å². The molecule has 0 heterocycles. The topological polar surface area (TPSA) is 0 Å². The highest BCUT2D eigenvalue weighted by Crippen LogP contribution is 2.27. The SMILES string of the molecule is C/C1=C/C/C=C(/C)CCC(C)(C)/C=C\C1. The van der Waals surface area contributed by atoms with Crippen molar-refractivity contribution in [3.8, 4) is 0 Å². The predicted molar refractivity (Wildman–Crippen MR) is 68.9 cm³/mol. The van der Waals surface area contributed by atoms with Crippen molar-refractivity contribution in [1.82, 2.24) is 0 Å². The van der Waals surface area contributed by atoms with E-state index in [1.165, 1.54) is 24.0 Å². The van der Waals surface area contributed by atoms with E-state index in [0.717, 1.165) is 12.8 Å². The monoisotopic (exact) mass is 204 g/mol. The van der Waals surface area contributed by atoms with Crippen LogP contribution in [0.5, 0.6) is 0 Å². The van der Waals surface area contributed by atoms with E-state index >= 15 is 0 Å². The van der Waals surface area contributed by atoms with Crippen LogP contribution in [-0.4, -0.2) is 0 Å². The second-order valence-electron chi connectivity index (χ2n) is 5.43. The molecule has 0 saturated heterocycles. The Morgan fingerprint density at radius 3 is 2.47 bits per heavy atom. The molecule has 0 saturated carbocycles. The zero-order valence-corrected chi connectivity index (χ0v) is 10.6. The van der Waals surface area contributed by atoms with Crippen LogP contribution in [0, 0.1) is 5.41 Å². The number of hydrogen-bond donors (Lipinski definition) is 0. The minimum atomic E-state index is 0.347. The molecule has 0 spiro atoms. The Kier molecular flexibility index (Phi) is 4.38. The highest BCUT2D eigenvalue weighted by molar-refractivity contribution is 5.12. The van der Waals surface area contributed by atoms with Crippen molar-refractivity contribution in [3.05, 3.63) is 35.5 Å². The van der Waals surface area contributed by atoms with E-state index in [9.17, 15) is 0 Å². The zero-order valence-electron chi connectivity index (χ0n) is 10.6. The van der Waals surface area contributed by atoms with Crippen LogP contribution in [-0.2, 0) is 0 Å². The molecule has 0 nitrogen and oxygen atoms in total. The number of allylic oxidation sites excluding steroid dienone is 6. The summed E-state index contributed by atoms with van der Waals surface area (Å²) in [4.78, 5) is 0. The van der Waals surface area contributed by atoms with E-state index in [-0.39, 0.29) is 0 Å². The normalized spacial score (nSPS) is 31.7. The van der Waals surface area contributed by atoms with Gasteiger partial charge in [-0.15, -0.1) is 0 Å². The van der Waals surface area contributed by atoms with Gasteiger partial charge < -0.3 is 0 Å². The smallest absolute Gasteiger partial charge is 0.0141 e. The van der Waals surface area contributed by atoms with E-state index < -0.39 is 0 Å². The maximum Gasteiger partial charge on any atom is -0.0141 e. The van der Waals surface area contributed by atoms with Crippen LogP contribution in [0.4, 0.5) is 0 Å².